The Balaban J connectivity index is 0.000000167. The lowest BCUT2D eigenvalue weighted by Gasteiger charge is -2.59. The van der Waals surface area contributed by atoms with E-state index in [0.717, 1.165) is 93.8 Å². The second kappa shape index (κ2) is 22.3. The van der Waals surface area contributed by atoms with Crippen LogP contribution in [0.4, 0.5) is 0 Å². The van der Waals surface area contributed by atoms with Crippen LogP contribution >= 0.6 is 0 Å². The highest BCUT2D eigenvalue weighted by atomic mass is 16.6. The van der Waals surface area contributed by atoms with Gasteiger partial charge in [-0.2, -0.15) is 0 Å². The molecule has 0 radical (unpaired) electrons. The molecule has 9 atom stereocenters. The average molecular weight is 1070 g/mol. The van der Waals surface area contributed by atoms with Gasteiger partial charge in [0.05, 0.1) is 33.2 Å². The second-order valence-electron chi connectivity index (χ2n) is 30.7. The summed E-state index contributed by atoms with van der Waals surface area (Å²) in [4.78, 5) is 60.8. The van der Waals surface area contributed by atoms with Crippen molar-refractivity contribution in [3.8, 4) is 0 Å². The molecule has 76 heavy (non-hydrogen) atoms. The number of carbonyl (C=O) groups is 5. The van der Waals surface area contributed by atoms with Crippen LogP contribution in [0.2, 0.25) is 0 Å². The van der Waals surface area contributed by atoms with Crippen molar-refractivity contribution in [2.24, 2.45) is 86.3 Å². The summed E-state index contributed by atoms with van der Waals surface area (Å²) in [5.41, 5.74) is -3.76. The molecule has 0 aromatic rings. The molecular weight excluding hydrogens is 957 g/mol. The third-order valence-electron chi connectivity index (χ3n) is 22.6. The lowest BCUT2D eigenvalue weighted by molar-refractivity contribution is -0.225. The molecule has 1 heterocycles. The number of carbonyl (C=O) groups excluding carboxylic acids is 5. The van der Waals surface area contributed by atoms with Crippen LogP contribution < -0.4 is 0 Å². The molecule has 11 rings (SSSR count). The number of aliphatic hydroxyl groups is 1. The van der Waals surface area contributed by atoms with Crippen LogP contribution in [0.25, 0.3) is 0 Å². The molecule has 10 saturated carbocycles. The van der Waals surface area contributed by atoms with Crippen molar-refractivity contribution in [1.29, 1.82) is 0 Å². The summed E-state index contributed by atoms with van der Waals surface area (Å²) >= 11 is 0. The number of hydrogen-bond donors (Lipinski definition) is 1. The molecule has 1 aliphatic heterocycles. The maximum atomic E-state index is 12.9. The van der Waals surface area contributed by atoms with Crippen LogP contribution in [0, 0.1) is 86.3 Å². The Morgan fingerprint density at radius 3 is 1.45 bits per heavy atom. The van der Waals surface area contributed by atoms with Gasteiger partial charge in [-0.15, -0.1) is 0 Å². The van der Waals surface area contributed by atoms with Gasteiger partial charge in [-0.05, 0) is 239 Å². The minimum atomic E-state index is -0.819. The van der Waals surface area contributed by atoms with Gasteiger partial charge in [-0.1, -0.05) is 62.3 Å². The molecular formula is C65H110O11. The Bertz CT molecular complexity index is 2060. The largest absolute Gasteiger partial charge is 0.461 e. The third-order valence-corrected chi connectivity index (χ3v) is 22.6. The molecule has 11 fully saturated rings. The first kappa shape index (κ1) is 62.5. The summed E-state index contributed by atoms with van der Waals surface area (Å²) in [6.07, 6.45) is 21.5. The van der Waals surface area contributed by atoms with Crippen molar-refractivity contribution in [3.63, 3.8) is 0 Å². The SMILES string of the molecule is CCC(C)(C)C(=O)OC1(C(C)(C)C)CCCC1.CCC(C)(C)C(=O)OC1(C(C)C)CC2CC1C1C3CCC(CC3)C21.CCC(C)(C)C(=O)OC12CC3CC(CC(O)(C3)C1)C2.CCC(C)(C)C(=O)O[C@]1(C)COC(=O)[C@@H]1C. The fourth-order valence-electron chi connectivity index (χ4n) is 15.6. The molecule has 0 amide bonds. The summed E-state index contributed by atoms with van der Waals surface area (Å²) < 4.78 is 28.8. The molecule has 0 aromatic heterocycles. The van der Waals surface area contributed by atoms with E-state index in [-0.39, 0.29) is 69.5 Å². The Morgan fingerprint density at radius 1 is 0.605 bits per heavy atom. The summed E-state index contributed by atoms with van der Waals surface area (Å²) in [6.45, 7) is 38.5. The van der Waals surface area contributed by atoms with E-state index in [4.69, 9.17) is 23.7 Å². The fourth-order valence-corrected chi connectivity index (χ4v) is 15.6. The van der Waals surface area contributed by atoms with Crippen LogP contribution in [-0.4, -0.2) is 69.6 Å². The molecule has 11 aliphatic rings. The van der Waals surface area contributed by atoms with E-state index in [1.54, 1.807) is 13.8 Å². The topological polar surface area (TPSA) is 152 Å². The van der Waals surface area contributed by atoms with Crippen molar-refractivity contribution >= 4 is 29.8 Å². The zero-order chi connectivity index (χ0) is 57.0. The lowest BCUT2D eigenvalue weighted by atomic mass is 9.51. The van der Waals surface area contributed by atoms with E-state index < -0.39 is 27.9 Å². The third kappa shape index (κ3) is 12.4. The number of esters is 5. The summed E-state index contributed by atoms with van der Waals surface area (Å²) in [6, 6.07) is 0. The van der Waals surface area contributed by atoms with Crippen LogP contribution in [0.15, 0.2) is 0 Å². The van der Waals surface area contributed by atoms with Crippen LogP contribution in [0.1, 0.15) is 260 Å². The van der Waals surface area contributed by atoms with E-state index in [2.05, 4.69) is 41.5 Å². The van der Waals surface area contributed by atoms with Crippen molar-refractivity contribution in [2.45, 2.75) is 288 Å². The van der Waals surface area contributed by atoms with Gasteiger partial charge < -0.3 is 28.8 Å². The molecule has 10 aliphatic carbocycles. The molecule has 0 spiro atoms. The van der Waals surface area contributed by atoms with Gasteiger partial charge in [0.2, 0.25) is 0 Å². The quantitative estimate of drug-likeness (QED) is 0.139. The molecule has 1 saturated heterocycles. The van der Waals surface area contributed by atoms with E-state index in [0.29, 0.717) is 36.5 Å². The zero-order valence-corrected chi connectivity index (χ0v) is 51.7. The van der Waals surface area contributed by atoms with Gasteiger partial charge in [0.1, 0.15) is 23.4 Å². The number of cyclic esters (lactones) is 1. The number of fused-ring (bicyclic) bond motifs is 4. The first-order valence-corrected chi connectivity index (χ1v) is 30.8. The predicted octanol–water partition coefficient (Wildman–Crippen LogP) is 14.7. The summed E-state index contributed by atoms with van der Waals surface area (Å²) in [7, 11) is 0. The van der Waals surface area contributed by atoms with E-state index in [1.165, 1.54) is 51.4 Å². The standard InChI is InChI=1S/C22H36O2.C16H26O3.C15H28O2.C12H20O4/c1-6-21(4,5)20(23)24-22(13(2)3)12-16-11-17(22)19-15-9-7-14(8-10-15)18(16)19;1-4-14(2,3)13(17)19-16-8-11-5-12(9-16)7-15(18,6-11)10-16;1-7-14(5,6)12(16)17-15(13(2,3)4)10-8-9-11-15;1-6-11(3,4)10(14)16-12(5)7-15-9(13)8(12)2/h13-19H,6-12H2,1-5H3;11-12,18H,4-10H2,1-3H3;7-11H2,1-6H3;8H,6-7H2,1-5H3/t;;;8-,12+/m...0/s1. The average Bonchev–Trinajstić information content (AvgIpc) is 4.14. The van der Waals surface area contributed by atoms with Gasteiger partial charge in [0.25, 0.3) is 0 Å². The molecule has 7 unspecified atom stereocenters. The smallest absolute Gasteiger partial charge is 0.313 e. The number of hydrogen-bond acceptors (Lipinski definition) is 11. The van der Waals surface area contributed by atoms with Crippen molar-refractivity contribution < 1.29 is 52.8 Å². The Kier molecular flexibility index (Phi) is 18.4. The first-order valence-electron chi connectivity index (χ1n) is 30.8. The van der Waals surface area contributed by atoms with E-state index in [9.17, 15) is 29.1 Å². The monoisotopic (exact) mass is 1070 g/mol. The molecule has 11 nitrogen and oxygen atoms in total. The molecule has 0 aromatic carbocycles. The highest BCUT2D eigenvalue weighted by Gasteiger charge is 2.68. The van der Waals surface area contributed by atoms with Gasteiger partial charge in [-0.3, -0.25) is 24.0 Å². The molecule has 436 valence electrons. The minimum Gasteiger partial charge on any atom is -0.461 e. The van der Waals surface area contributed by atoms with Gasteiger partial charge >= 0.3 is 29.8 Å². The predicted molar refractivity (Wildman–Crippen MR) is 298 cm³/mol. The maximum absolute atomic E-state index is 12.9. The Morgan fingerprint density at radius 2 is 1.04 bits per heavy atom. The number of ether oxygens (including phenoxy) is 5. The summed E-state index contributed by atoms with van der Waals surface area (Å²) in [5.74, 6) is 5.71. The molecule has 1 N–H and O–H groups in total. The summed E-state index contributed by atoms with van der Waals surface area (Å²) in [5, 5.41) is 10.6. The minimum absolute atomic E-state index is 0.0307. The molecule has 8 bridgehead atoms. The van der Waals surface area contributed by atoms with Crippen molar-refractivity contribution in [1.82, 2.24) is 0 Å². The Hall–Kier alpha value is -2.69. The van der Waals surface area contributed by atoms with Crippen molar-refractivity contribution in [2.75, 3.05) is 6.61 Å². The highest BCUT2D eigenvalue weighted by molar-refractivity contribution is 5.80. The first-order chi connectivity index (χ1) is 34.9. The Labute approximate surface area is 461 Å². The normalized spacial score (nSPS) is 36.6. The lowest BCUT2D eigenvalue weighted by Crippen LogP contribution is -2.61. The van der Waals surface area contributed by atoms with E-state index >= 15 is 0 Å². The van der Waals surface area contributed by atoms with Crippen LogP contribution in [0.5, 0.6) is 0 Å². The molecule has 11 heteroatoms. The van der Waals surface area contributed by atoms with Crippen LogP contribution in [-0.2, 0) is 47.7 Å². The van der Waals surface area contributed by atoms with Crippen molar-refractivity contribution in [3.05, 3.63) is 0 Å². The number of rotatable bonds is 13. The van der Waals surface area contributed by atoms with Gasteiger partial charge in [-0.25, -0.2) is 0 Å². The zero-order valence-electron chi connectivity index (χ0n) is 51.7. The van der Waals surface area contributed by atoms with E-state index in [1.807, 2.05) is 76.2 Å². The maximum Gasteiger partial charge on any atom is 0.313 e. The van der Waals surface area contributed by atoms with Gasteiger partial charge in [0.15, 0.2) is 5.60 Å². The highest BCUT2D eigenvalue weighted by Crippen LogP contribution is 2.70. The fraction of sp³-hybridized carbons (Fsp3) is 0.923. The van der Waals surface area contributed by atoms with Gasteiger partial charge in [0, 0.05) is 17.8 Å². The second-order valence-corrected chi connectivity index (χ2v) is 30.7. The van der Waals surface area contributed by atoms with Crippen LogP contribution in [0.3, 0.4) is 0 Å².